The molecule has 33 heavy (non-hydrogen) atoms. The Labute approximate surface area is 201 Å². The SMILES string of the molecule is CC1(C)C(=O)N(c2ccc(C#N)c(C(F)(F)F)c2)C(=S)N1CCCN1CCN(C(=O)S)CC1. The van der Waals surface area contributed by atoms with Crippen molar-refractivity contribution in [1.29, 1.82) is 5.26 Å². The molecule has 2 heterocycles. The van der Waals surface area contributed by atoms with Crippen molar-refractivity contribution in [1.82, 2.24) is 14.7 Å². The lowest BCUT2D eigenvalue weighted by atomic mass is 10.0. The highest BCUT2D eigenvalue weighted by molar-refractivity contribution is 7.96. The first-order valence-corrected chi connectivity index (χ1v) is 11.2. The summed E-state index contributed by atoms with van der Waals surface area (Å²) < 4.78 is 40.2. The third-order valence-electron chi connectivity index (χ3n) is 6.01. The van der Waals surface area contributed by atoms with Gasteiger partial charge in [-0.05, 0) is 57.2 Å². The molecule has 2 aliphatic heterocycles. The number of hydrogen-bond acceptors (Lipinski definition) is 5. The van der Waals surface area contributed by atoms with E-state index in [1.165, 1.54) is 12.1 Å². The summed E-state index contributed by atoms with van der Waals surface area (Å²) >= 11 is 9.34. The average molecular weight is 500 g/mol. The highest BCUT2D eigenvalue weighted by Gasteiger charge is 2.49. The Hall–Kier alpha value is -2.36. The number of thiocarbonyl (C=S) groups is 1. The maximum absolute atomic E-state index is 13.4. The van der Waals surface area contributed by atoms with Crippen molar-refractivity contribution in [2.75, 3.05) is 44.2 Å². The summed E-state index contributed by atoms with van der Waals surface area (Å²) in [6.45, 7) is 7.19. The van der Waals surface area contributed by atoms with Gasteiger partial charge in [-0.2, -0.15) is 18.4 Å². The summed E-state index contributed by atoms with van der Waals surface area (Å²) in [7, 11) is 0. The Morgan fingerprint density at radius 1 is 1.21 bits per heavy atom. The molecule has 0 bridgehead atoms. The molecule has 7 nitrogen and oxygen atoms in total. The highest BCUT2D eigenvalue weighted by Crippen LogP contribution is 2.37. The van der Waals surface area contributed by atoms with Gasteiger partial charge in [0.05, 0.1) is 22.9 Å². The molecule has 0 radical (unpaired) electrons. The fourth-order valence-electron chi connectivity index (χ4n) is 4.06. The maximum atomic E-state index is 13.4. The van der Waals surface area contributed by atoms with Gasteiger partial charge in [-0.25, -0.2) is 0 Å². The zero-order chi connectivity index (χ0) is 24.6. The second-order valence-electron chi connectivity index (χ2n) is 8.44. The van der Waals surface area contributed by atoms with Crippen molar-refractivity contribution in [2.45, 2.75) is 32.0 Å². The van der Waals surface area contributed by atoms with Gasteiger partial charge < -0.3 is 9.80 Å². The Bertz CT molecular complexity index is 1000. The molecule has 0 saturated carbocycles. The van der Waals surface area contributed by atoms with Crippen molar-refractivity contribution in [3.8, 4) is 6.07 Å². The second-order valence-corrected chi connectivity index (χ2v) is 9.19. The average Bonchev–Trinajstić information content (AvgIpc) is 2.92. The van der Waals surface area contributed by atoms with Crippen LogP contribution in [0, 0.1) is 11.3 Å². The van der Waals surface area contributed by atoms with E-state index >= 15 is 0 Å². The van der Waals surface area contributed by atoms with E-state index in [-0.39, 0.29) is 16.0 Å². The molecule has 2 fully saturated rings. The minimum Gasteiger partial charge on any atom is -0.334 e. The third kappa shape index (κ3) is 5.10. The topological polar surface area (TPSA) is 70.9 Å². The van der Waals surface area contributed by atoms with E-state index in [0.29, 0.717) is 26.1 Å². The van der Waals surface area contributed by atoms with Gasteiger partial charge in [0.1, 0.15) is 5.54 Å². The van der Waals surface area contributed by atoms with Gasteiger partial charge in [0.15, 0.2) is 5.11 Å². The number of piperazine rings is 1. The molecule has 0 aromatic heterocycles. The summed E-state index contributed by atoms with van der Waals surface area (Å²) in [5.74, 6) is -0.425. The van der Waals surface area contributed by atoms with Gasteiger partial charge in [0, 0.05) is 32.7 Å². The smallest absolute Gasteiger partial charge is 0.334 e. The molecule has 1 aromatic rings. The number of amides is 2. The molecule has 1 aromatic carbocycles. The molecule has 0 atom stereocenters. The van der Waals surface area contributed by atoms with Gasteiger partial charge >= 0.3 is 6.18 Å². The van der Waals surface area contributed by atoms with E-state index in [0.717, 1.165) is 36.7 Å². The molecular formula is C21H24F3N5O2S2. The highest BCUT2D eigenvalue weighted by atomic mass is 32.1. The number of halogens is 3. The lowest BCUT2D eigenvalue weighted by Crippen LogP contribution is -2.48. The fraction of sp³-hybridized carbons (Fsp3) is 0.524. The summed E-state index contributed by atoms with van der Waals surface area (Å²) in [4.78, 5) is 31.2. The minimum absolute atomic E-state index is 0.0144. The number of hydrogen-bond donors (Lipinski definition) is 1. The van der Waals surface area contributed by atoms with Gasteiger partial charge in [-0.15, -0.1) is 0 Å². The second kappa shape index (κ2) is 9.48. The monoisotopic (exact) mass is 499 g/mol. The lowest BCUT2D eigenvalue weighted by molar-refractivity contribution is -0.137. The molecule has 12 heteroatoms. The maximum Gasteiger partial charge on any atom is 0.417 e. The van der Waals surface area contributed by atoms with Crippen LogP contribution in [0.2, 0.25) is 0 Å². The number of rotatable bonds is 5. The predicted molar refractivity (Wildman–Crippen MR) is 124 cm³/mol. The van der Waals surface area contributed by atoms with Crippen LogP contribution in [0.3, 0.4) is 0 Å². The number of thiol groups is 1. The number of nitriles is 1. The molecule has 178 valence electrons. The Morgan fingerprint density at radius 2 is 1.85 bits per heavy atom. The van der Waals surface area contributed by atoms with Crippen LogP contribution >= 0.6 is 24.8 Å². The molecule has 0 N–H and O–H groups in total. The van der Waals surface area contributed by atoms with Crippen LogP contribution < -0.4 is 4.90 Å². The third-order valence-corrected chi connectivity index (χ3v) is 6.70. The number of anilines is 1. The minimum atomic E-state index is -4.73. The first-order valence-electron chi connectivity index (χ1n) is 10.4. The predicted octanol–water partition coefficient (Wildman–Crippen LogP) is 3.35. The van der Waals surface area contributed by atoms with Crippen molar-refractivity contribution in [2.24, 2.45) is 0 Å². The van der Waals surface area contributed by atoms with Crippen molar-refractivity contribution < 1.29 is 22.8 Å². The molecule has 3 rings (SSSR count). The molecule has 0 unspecified atom stereocenters. The molecule has 0 aliphatic carbocycles. The number of benzene rings is 1. The molecule has 2 amide bonds. The van der Waals surface area contributed by atoms with E-state index in [4.69, 9.17) is 17.5 Å². The van der Waals surface area contributed by atoms with Crippen LogP contribution in [0.15, 0.2) is 18.2 Å². The summed E-state index contributed by atoms with van der Waals surface area (Å²) in [6, 6.07) is 4.69. The zero-order valence-corrected chi connectivity index (χ0v) is 19.9. The summed E-state index contributed by atoms with van der Waals surface area (Å²) in [6.07, 6.45) is -4.05. The van der Waals surface area contributed by atoms with Crippen LogP contribution in [0.5, 0.6) is 0 Å². The van der Waals surface area contributed by atoms with Crippen molar-refractivity contribution in [3.05, 3.63) is 29.3 Å². The quantitative estimate of drug-likeness (QED) is 0.495. The van der Waals surface area contributed by atoms with Crippen LogP contribution in [0.25, 0.3) is 0 Å². The van der Waals surface area contributed by atoms with Crippen LogP contribution in [-0.2, 0) is 11.0 Å². The van der Waals surface area contributed by atoms with Gasteiger partial charge in [0.2, 0.25) is 0 Å². The van der Waals surface area contributed by atoms with Gasteiger partial charge in [-0.3, -0.25) is 19.4 Å². The summed E-state index contributed by atoms with van der Waals surface area (Å²) in [5, 5.41) is 8.91. The van der Waals surface area contributed by atoms with Gasteiger partial charge in [0.25, 0.3) is 11.1 Å². The van der Waals surface area contributed by atoms with E-state index in [1.807, 2.05) is 0 Å². The van der Waals surface area contributed by atoms with Gasteiger partial charge in [-0.1, -0.05) is 12.6 Å². The Morgan fingerprint density at radius 3 is 2.39 bits per heavy atom. The largest absolute Gasteiger partial charge is 0.417 e. The Kier molecular flexibility index (Phi) is 7.26. The van der Waals surface area contributed by atoms with E-state index in [9.17, 15) is 22.8 Å². The molecule has 2 aliphatic rings. The molecule has 2 saturated heterocycles. The van der Waals surface area contributed by atoms with E-state index in [2.05, 4.69) is 17.5 Å². The van der Waals surface area contributed by atoms with E-state index in [1.54, 1.807) is 23.6 Å². The number of carbonyl (C=O) groups is 2. The normalized spacial score (nSPS) is 19.2. The summed E-state index contributed by atoms with van der Waals surface area (Å²) in [5.41, 5.74) is -2.66. The van der Waals surface area contributed by atoms with Crippen LogP contribution in [-0.4, -0.2) is 75.8 Å². The number of carbonyl (C=O) groups excluding carboxylic acids is 2. The molecule has 0 spiro atoms. The molecular weight excluding hydrogens is 475 g/mol. The lowest BCUT2D eigenvalue weighted by Gasteiger charge is -2.35. The zero-order valence-electron chi connectivity index (χ0n) is 18.2. The van der Waals surface area contributed by atoms with Crippen molar-refractivity contribution >= 4 is 46.8 Å². The van der Waals surface area contributed by atoms with Crippen LogP contribution in [0.4, 0.5) is 23.7 Å². The number of nitrogens with zero attached hydrogens (tertiary/aromatic N) is 5. The standard InChI is InChI=1S/C21H24F3N5O2S2/c1-20(2)17(30)29(15-5-4-14(13-25)16(12-15)21(22,23)24)18(32)28(20)7-3-6-26-8-10-27(11-9-26)19(31)33/h4-5,12H,3,6-11H2,1-2H3,(H,31,33). The van der Waals surface area contributed by atoms with Crippen molar-refractivity contribution in [3.63, 3.8) is 0 Å². The van der Waals surface area contributed by atoms with Crippen LogP contribution in [0.1, 0.15) is 31.4 Å². The first-order chi connectivity index (χ1) is 15.4. The Balaban J connectivity index is 1.72. The van der Waals surface area contributed by atoms with E-state index < -0.39 is 28.7 Å². The fourth-order valence-corrected chi connectivity index (χ4v) is 4.76. The number of alkyl halides is 3. The first kappa shape index (κ1) is 25.3.